The van der Waals surface area contributed by atoms with Gasteiger partial charge in [0.2, 0.25) is 0 Å². The molecule has 6 nitrogen and oxygen atoms in total. The first-order valence-corrected chi connectivity index (χ1v) is 9.50. The van der Waals surface area contributed by atoms with Gasteiger partial charge in [-0.1, -0.05) is 41.9 Å². The maximum atomic E-state index is 12.5. The van der Waals surface area contributed by atoms with Crippen LogP contribution in [0.15, 0.2) is 59.4 Å². The lowest BCUT2D eigenvalue weighted by atomic mass is 10.1. The van der Waals surface area contributed by atoms with Crippen LogP contribution in [0.5, 0.6) is 0 Å². The highest BCUT2D eigenvalue weighted by Gasteiger charge is 2.15. The first-order valence-electron chi connectivity index (χ1n) is 9.12. The molecule has 2 aromatic heterocycles. The van der Waals surface area contributed by atoms with Crippen LogP contribution in [-0.2, 0) is 13.6 Å². The Morgan fingerprint density at radius 1 is 1.17 bits per heavy atom. The van der Waals surface area contributed by atoms with Crippen molar-refractivity contribution in [3.63, 3.8) is 0 Å². The number of carbonyl (C=O) groups is 1. The third kappa shape index (κ3) is 3.67. The average molecular weight is 407 g/mol. The number of halogens is 1. The van der Waals surface area contributed by atoms with E-state index < -0.39 is 0 Å². The van der Waals surface area contributed by atoms with Crippen molar-refractivity contribution in [3.05, 3.63) is 86.8 Å². The van der Waals surface area contributed by atoms with Crippen molar-refractivity contribution < 1.29 is 4.79 Å². The third-order valence-corrected chi connectivity index (χ3v) is 5.13. The molecule has 0 bridgehead atoms. The number of aryl methyl sites for hydroxylation is 2. The largest absolute Gasteiger partial charge is 0.354 e. The van der Waals surface area contributed by atoms with E-state index in [-0.39, 0.29) is 23.7 Å². The van der Waals surface area contributed by atoms with Crippen LogP contribution >= 0.6 is 11.6 Å². The molecule has 7 heteroatoms. The number of nitrogens with zero attached hydrogens (tertiary/aromatic N) is 2. The summed E-state index contributed by atoms with van der Waals surface area (Å²) in [4.78, 5) is 27.4. The molecule has 0 atom stereocenters. The number of nitrogens with one attached hydrogen (secondary N) is 2. The van der Waals surface area contributed by atoms with Crippen LogP contribution in [0, 0.1) is 6.92 Å². The molecule has 0 fully saturated rings. The molecule has 0 spiro atoms. The van der Waals surface area contributed by atoms with Gasteiger partial charge in [-0.05, 0) is 41.8 Å². The van der Waals surface area contributed by atoms with Crippen LogP contribution in [0.25, 0.3) is 22.2 Å². The number of amides is 1. The smallest absolute Gasteiger partial charge is 0.271 e. The molecule has 2 N–H and O–H groups in total. The van der Waals surface area contributed by atoms with Crippen LogP contribution in [0.3, 0.4) is 0 Å². The van der Waals surface area contributed by atoms with Crippen LogP contribution in [0.4, 0.5) is 0 Å². The Morgan fingerprint density at radius 3 is 2.66 bits per heavy atom. The van der Waals surface area contributed by atoms with Crippen molar-refractivity contribution in [3.8, 4) is 11.3 Å². The second-order valence-electron chi connectivity index (χ2n) is 6.84. The number of benzene rings is 2. The molecule has 0 saturated carbocycles. The Hall–Kier alpha value is -3.38. The number of H-pyrrole nitrogens is 1. The molecule has 0 radical (unpaired) electrons. The second kappa shape index (κ2) is 7.56. The van der Waals surface area contributed by atoms with Crippen molar-refractivity contribution in [2.45, 2.75) is 13.5 Å². The van der Waals surface area contributed by atoms with Crippen molar-refractivity contribution in [2.24, 2.45) is 7.05 Å². The van der Waals surface area contributed by atoms with Gasteiger partial charge in [-0.25, -0.2) is 4.68 Å². The summed E-state index contributed by atoms with van der Waals surface area (Å²) < 4.78 is 1.13. The molecule has 146 valence electrons. The quantitative estimate of drug-likeness (QED) is 0.540. The van der Waals surface area contributed by atoms with Crippen LogP contribution in [-0.4, -0.2) is 20.7 Å². The molecule has 4 aromatic rings. The third-order valence-electron chi connectivity index (χ3n) is 4.91. The predicted octanol–water partition coefficient (Wildman–Crippen LogP) is 3.82. The fourth-order valence-electron chi connectivity index (χ4n) is 3.38. The summed E-state index contributed by atoms with van der Waals surface area (Å²) in [6.07, 6.45) is 0. The van der Waals surface area contributed by atoms with E-state index >= 15 is 0 Å². The Balaban J connectivity index is 1.67. The van der Waals surface area contributed by atoms with Crippen molar-refractivity contribution in [1.82, 2.24) is 20.1 Å². The summed E-state index contributed by atoms with van der Waals surface area (Å²) >= 11 is 6.34. The number of carbonyl (C=O) groups excluding carboxylic acids is 1. The topological polar surface area (TPSA) is 79.8 Å². The maximum absolute atomic E-state index is 12.5. The Kier molecular flexibility index (Phi) is 4.94. The molecule has 0 unspecified atom stereocenters. The first kappa shape index (κ1) is 19.0. The zero-order valence-corrected chi connectivity index (χ0v) is 16.7. The van der Waals surface area contributed by atoms with E-state index in [9.17, 15) is 9.59 Å². The maximum Gasteiger partial charge on any atom is 0.271 e. The molecule has 0 aliphatic rings. The minimum atomic E-state index is -0.361. The fraction of sp³-hybridized carbons (Fsp3) is 0.136. The van der Waals surface area contributed by atoms with Gasteiger partial charge in [0.1, 0.15) is 5.69 Å². The van der Waals surface area contributed by atoms with E-state index in [1.165, 1.54) is 19.2 Å². The number of aromatic amines is 1. The van der Waals surface area contributed by atoms with Gasteiger partial charge in [0, 0.05) is 35.8 Å². The normalized spacial score (nSPS) is 11.0. The summed E-state index contributed by atoms with van der Waals surface area (Å²) in [5.74, 6) is -0.361. The van der Waals surface area contributed by atoms with Gasteiger partial charge in [-0.2, -0.15) is 5.10 Å². The molecule has 0 saturated heterocycles. The molecule has 2 heterocycles. The predicted molar refractivity (Wildman–Crippen MR) is 114 cm³/mol. The zero-order valence-electron chi connectivity index (χ0n) is 16.0. The lowest BCUT2D eigenvalue weighted by Crippen LogP contribution is -2.28. The molecule has 1 amide bonds. The van der Waals surface area contributed by atoms with E-state index in [2.05, 4.69) is 15.4 Å². The Labute approximate surface area is 172 Å². The van der Waals surface area contributed by atoms with E-state index in [4.69, 9.17) is 11.6 Å². The van der Waals surface area contributed by atoms with Gasteiger partial charge in [-0.3, -0.25) is 9.59 Å². The lowest BCUT2D eigenvalue weighted by molar-refractivity contribution is 0.0943. The number of rotatable bonds is 4. The fourth-order valence-corrected chi connectivity index (χ4v) is 3.62. The monoisotopic (exact) mass is 406 g/mol. The van der Waals surface area contributed by atoms with Crippen LogP contribution in [0.2, 0.25) is 5.02 Å². The molecule has 4 rings (SSSR count). The lowest BCUT2D eigenvalue weighted by Gasteiger charge is -2.08. The summed E-state index contributed by atoms with van der Waals surface area (Å²) in [5.41, 5.74) is 4.92. The number of fused-ring (bicyclic) bond motifs is 1. The van der Waals surface area contributed by atoms with E-state index in [1.807, 2.05) is 49.4 Å². The van der Waals surface area contributed by atoms with Crippen LogP contribution < -0.4 is 10.9 Å². The molecule has 29 heavy (non-hydrogen) atoms. The highest BCUT2D eigenvalue weighted by atomic mass is 35.5. The van der Waals surface area contributed by atoms with Gasteiger partial charge < -0.3 is 10.3 Å². The molecule has 0 aliphatic heterocycles. The van der Waals surface area contributed by atoms with Gasteiger partial charge >= 0.3 is 0 Å². The number of aromatic nitrogens is 3. The Bertz CT molecular complexity index is 1280. The minimum Gasteiger partial charge on any atom is -0.354 e. The van der Waals surface area contributed by atoms with Crippen molar-refractivity contribution in [1.29, 1.82) is 0 Å². The average Bonchev–Trinajstić information content (AvgIpc) is 3.05. The van der Waals surface area contributed by atoms with E-state index in [0.29, 0.717) is 5.02 Å². The van der Waals surface area contributed by atoms with Gasteiger partial charge in [0.15, 0.2) is 0 Å². The second-order valence-corrected chi connectivity index (χ2v) is 7.28. The Morgan fingerprint density at radius 2 is 1.93 bits per heavy atom. The van der Waals surface area contributed by atoms with Gasteiger partial charge in [-0.15, -0.1) is 0 Å². The SMILES string of the molecule is Cc1c(-c2ccccc2)[nH]c2c(CNC(=O)c3ccc(=O)n(C)n3)cc(Cl)cc12. The summed E-state index contributed by atoms with van der Waals surface area (Å²) in [7, 11) is 1.51. The summed E-state index contributed by atoms with van der Waals surface area (Å²) in [6, 6.07) is 16.6. The van der Waals surface area contributed by atoms with Gasteiger partial charge in [0.05, 0.1) is 5.52 Å². The van der Waals surface area contributed by atoms with E-state index in [0.717, 1.165) is 38.0 Å². The minimum absolute atomic E-state index is 0.179. The van der Waals surface area contributed by atoms with Crippen molar-refractivity contribution >= 4 is 28.4 Å². The standard InChI is InChI=1S/C22H19ClN4O2/c1-13-17-11-16(23)10-15(21(17)25-20(13)14-6-4-3-5-7-14)12-24-22(29)18-8-9-19(28)27(2)26-18/h3-11,25H,12H2,1-2H3,(H,24,29). The summed E-state index contributed by atoms with van der Waals surface area (Å²) in [5, 5.41) is 8.45. The molecular weight excluding hydrogens is 388 g/mol. The van der Waals surface area contributed by atoms with Gasteiger partial charge in [0.25, 0.3) is 11.5 Å². The molecular formula is C22H19ClN4O2. The first-order chi connectivity index (χ1) is 13.9. The highest BCUT2D eigenvalue weighted by molar-refractivity contribution is 6.31. The zero-order chi connectivity index (χ0) is 20.5. The molecule has 0 aliphatic carbocycles. The summed E-state index contributed by atoms with van der Waals surface area (Å²) in [6.45, 7) is 2.32. The van der Waals surface area contributed by atoms with Crippen LogP contribution in [0.1, 0.15) is 21.6 Å². The van der Waals surface area contributed by atoms with Crippen molar-refractivity contribution in [2.75, 3.05) is 0 Å². The highest BCUT2D eigenvalue weighted by Crippen LogP contribution is 2.33. The van der Waals surface area contributed by atoms with E-state index in [1.54, 1.807) is 0 Å². The number of hydrogen-bond donors (Lipinski definition) is 2. The number of hydrogen-bond acceptors (Lipinski definition) is 3. The molecule has 2 aromatic carbocycles.